The van der Waals surface area contributed by atoms with Crippen molar-refractivity contribution < 1.29 is 4.74 Å². The van der Waals surface area contributed by atoms with Gasteiger partial charge in [-0.05, 0) is 67.7 Å². The van der Waals surface area contributed by atoms with Crippen LogP contribution in [0.2, 0.25) is 0 Å². The summed E-state index contributed by atoms with van der Waals surface area (Å²) >= 11 is 2.05. The van der Waals surface area contributed by atoms with E-state index in [0.717, 1.165) is 25.1 Å². The maximum absolute atomic E-state index is 6.51. The molecule has 2 unspecified atom stereocenters. The van der Waals surface area contributed by atoms with Gasteiger partial charge in [0.15, 0.2) is 0 Å². The van der Waals surface area contributed by atoms with Crippen LogP contribution in [0, 0.1) is 12.8 Å². The van der Waals surface area contributed by atoms with Crippen LogP contribution in [0.4, 0.5) is 0 Å². The van der Waals surface area contributed by atoms with Crippen molar-refractivity contribution >= 4 is 11.8 Å². The summed E-state index contributed by atoms with van der Waals surface area (Å²) in [6.45, 7) is 2.95. The van der Waals surface area contributed by atoms with E-state index in [2.05, 4.69) is 18.0 Å². The summed E-state index contributed by atoms with van der Waals surface area (Å²) in [7, 11) is 0. The van der Waals surface area contributed by atoms with Crippen LogP contribution in [0.1, 0.15) is 43.0 Å². The quantitative estimate of drug-likeness (QED) is 0.910. The topological polar surface area (TPSA) is 48.1 Å². The predicted octanol–water partition coefficient (Wildman–Crippen LogP) is 3.08. The summed E-state index contributed by atoms with van der Waals surface area (Å²) in [6.07, 6.45) is 6.40. The van der Waals surface area contributed by atoms with E-state index in [4.69, 9.17) is 10.5 Å². The summed E-state index contributed by atoms with van der Waals surface area (Å²) in [5, 5.41) is 0. The van der Waals surface area contributed by atoms with Crippen molar-refractivity contribution in [2.75, 3.05) is 18.1 Å². The van der Waals surface area contributed by atoms with E-state index >= 15 is 0 Å². The van der Waals surface area contributed by atoms with E-state index in [1.165, 1.54) is 29.9 Å². The lowest BCUT2D eigenvalue weighted by Crippen LogP contribution is -2.45. The first-order valence-corrected chi connectivity index (χ1v) is 8.74. The van der Waals surface area contributed by atoms with Gasteiger partial charge in [-0.25, -0.2) is 0 Å². The Hall–Kier alpha value is -0.580. The van der Waals surface area contributed by atoms with Gasteiger partial charge in [-0.15, -0.1) is 0 Å². The van der Waals surface area contributed by atoms with Crippen LogP contribution in [0.5, 0.6) is 0 Å². The fraction of sp³-hybridized carbons (Fsp3) is 0.688. The summed E-state index contributed by atoms with van der Waals surface area (Å²) in [4.78, 5) is 4.48. The minimum atomic E-state index is 0.0465. The van der Waals surface area contributed by atoms with Crippen molar-refractivity contribution in [2.24, 2.45) is 11.7 Å². The first-order valence-electron chi connectivity index (χ1n) is 7.58. The van der Waals surface area contributed by atoms with Gasteiger partial charge in [-0.3, -0.25) is 4.98 Å². The second-order valence-corrected chi connectivity index (χ2v) is 7.41. The van der Waals surface area contributed by atoms with E-state index in [1.54, 1.807) is 0 Å². The van der Waals surface area contributed by atoms with E-state index in [-0.39, 0.29) is 11.6 Å². The Morgan fingerprint density at radius 1 is 1.45 bits per heavy atom. The molecule has 2 aliphatic rings. The lowest BCUT2D eigenvalue weighted by molar-refractivity contribution is -0.106. The molecule has 2 saturated heterocycles. The largest absolute Gasteiger partial charge is 0.375 e. The molecule has 1 aromatic heterocycles. The number of thioether (sulfide) groups is 1. The molecule has 2 atom stereocenters. The maximum Gasteiger partial charge on any atom is 0.0701 e. The fourth-order valence-corrected chi connectivity index (χ4v) is 4.68. The number of pyridine rings is 1. The molecular formula is C16H24N2OS. The highest BCUT2D eigenvalue weighted by Crippen LogP contribution is 2.42. The molecule has 4 heteroatoms. The minimum absolute atomic E-state index is 0.0465. The summed E-state index contributed by atoms with van der Waals surface area (Å²) in [5.74, 6) is 2.95. The number of aromatic nitrogens is 1. The third-order valence-electron chi connectivity index (χ3n) is 4.72. The first-order chi connectivity index (χ1) is 9.69. The van der Waals surface area contributed by atoms with Crippen molar-refractivity contribution in [3.05, 3.63) is 29.6 Å². The third kappa shape index (κ3) is 3.02. The van der Waals surface area contributed by atoms with Gasteiger partial charge >= 0.3 is 0 Å². The number of rotatable bonds is 2. The normalized spacial score (nSPS) is 27.4. The average molecular weight is 292 g/mol. The second-order valence-electron chi connectivity index (χ2n) is 6.18. The molecule has 3 rings (SSSR count). The van der Waals surface area contributed by atoms with Crippen LogP contribution in [0.3, 0.4) is 0 Å². The number of nitrogens with zero attached hydrogens (tertiary/aromatic N) is 1. The highest BCUT2D eigenvalue weighted by atomic mass is 32.2. The molecular weight excluding hydrogens is 268 g/mol. The summed E-state index contributed by atoms with van der Waals surface area (Å²) in [6, 6.07) is 4.20. The smallest absolute Gasteiger partial charge is 0.0701 e. The number of ether oxygens (including phenoxy) is 1. The van der Waals surface area contributed by atoms with Crippen molar-refractivity contribution in [3.8, 4) is 0 Å². The molecule has 2 N–H and O–H groups in total. The molecule has 0 aliphatic carbocycles. The van der Waals surface area contributed by atoms with Gasteiger partial charge in [-0.1, -0.05) is 0 Å². The predicted molar refractivity (Wildman–Crippen MR) is 83.9 cm³/mol. The molecule has 0 aromatic carbocycles. The number of aryl methyl sites for hydroxylation is 1. The highest BCUT2D eigenvalue weighted by Gasteiger charge is 2.40. The van der Waals surface area contributed by atoms with E-state index in [1.807, 2.05) is 24.0 Å². The Balaban J connectivity index is 1.73. The Bertz CT molecular complexity index is 454. The van der Waals surface area contributed by atoms with Crippen molar-refractivity contribution in [1.82, 2.24) is 4.98 Å². The molecule has 0 bridgehead atoms. The SMILES string of the molecule is Cc1ccnc(C(N)C2CCOC3(CCSCC3)C2)c1. The Kier molecular flexibility index (Phi) is 4.34. The monoisotopic (exact) mass is 292 g/mol. The minimum Gasteiger partial charge on any atom is -0.375 e. The molecule has 1 aromatic rings. The molecule has 0 saturated carbocycles. The molecule has 2 aliphatic heterocycles. The number of hydrogen-bond donors (Lipinski definition) is 1. The van der Waals surface area contributed by atoms with Gasteiger partial charge in [0.25, 0.3) is 0 Å². The van der Waals surface area contributed by atoms with Gasteiger partial charge in [0, 0.05) is 12.8 Å². The molecule has 0 amide bonds. The molecule has 3 nitrogen and oxygen atoms in total. The molecule has 3 heterocycles. The maximum atomic E-state index is 6.51. The Labute approximate surface area is 125 Å². The highest BCUT2D eigenvalue weighted by molar-refractivity contribution is 7.99. The Morgan fingerprint density at radius 2 is 2.25 bits per heavy atom. The third-order valence-corrected chi connectivity index (χ3v) is 5.71. The Morgan fingerprint density at radius 3 is 3.00 bits per heavy atom. The lowest BCUT2D eigenvalue weighted by Gasteiger charge is -2.44. The van der Waals surface area contributed by atoms with Gasteiger partial charge in [0.2, 0.25) is 0 Å². The van der Waals surface area contributed by atoms with E-state index in [0.29, 0.717) is 5.92 Å². The number of hydrogen-bond acceptors (Lipinski definition) is 4. The van der Waals surface area contributed by atoms with Crippen LogP contribution in [0.15, 0.2) is 18.3 Å². The molecule has 20 heavy (non-hydrogen) atoms. The van der Waals surface area contributed by atoms with E-state index in [9.17, 15) is 0 Å². The standard InChI is InChI=1S/C16H24N2OS/c1-12-2-6-18-14(10-12)15(17)13-3-7-19-16(11-13)4-8-20-9-5-16/h2,6,10,13,15H,3-5,7-9,11,17H2,1H3. The average Bonchev–Trinajstić information content (AvgIpc) is 2.47. The van der Waals surface area contributed by atoms with Crippen molar-refractivity contribution in [2.45, 2.75) is 44.2 Å². The van der Waals surface area contributed by atoms with Gasteiger partial charge in [-0.2, -0.15) is 11.8 Å². The molecule has 2 fully saturated rings. The van der Waals surface area contributed by atoms with Gasteiger partial charge in [0.1, 0.15) is 0 Å². The molecule has 1 spiro atoms. The fourth-order valence-electron chi connectivity index (χ4n) is 3.45. The second kappa shape index (κ2) is 6.04. The molecule has 110 valence electrons. The van der Waals surface area contributed by atoms with Crippen LogP contribution in [0.25, 0.3) is 0 Å². The zero-order valence-corrected chi connectivity index (χ0v) is 13.0. The van der Waals surface area contributed by atoms with Gasteiger partial charge < -0.3 is 10.5 Å². The van der Waals surface area contributed by atoms with Crippen LogP contribution < -0.4 is 5.73 Å². The van der Waals surface area contributed by atoms with Crippen molar-refractivity contribution in [3.63, 3.8) is 0 Å². The lowest BCUT2D eigenvalue weighted by atomic mass is 9.78. The van der Waals surface area contributed by atoms with Crippen molar-refractivity contribution in [1.29, 1.82) is 0 Å². The van der Waals surface area contributed by atoms with Crippen LogP contribution in [-0.2, 0) is 4.74 Å². The number of nitrogens with two attached hydrogens (primary N) is 1. The zero-order valence-electron chi connectivity index (χ0n) is 12.2. The summed E-state index contributed by atoms with van der Waals surface area (Å²) in [5.41, 5.74) is 8.89. The first kappa shape index (κ1) is 14.4. The zero-order chi connectivity index (χ0) is 14.0. The summed E-state index contributed by atoms with van der Waals surface area (Å²) < 4.78 is 6.16. The van der Waals surface area contributed by atoms with Gasteiger partial charge in [0.05, 0.1) is 17.3 Å². The van der Waals surface area contributed by atoms with E-state index < -0.39 is 0 Å². The van der Waals surface area contributed by atoms with Crippen LogP contribution >= 0.6 is 11.8 Å². The van der Waals surface area contributed by atoms with Crippen LogP contribution in [-0.4, -0.2) is 28.7 Å². The molecule has 0 radical (unpaired) electrons.